The first-order valence-corrected chi connectivity index (χ1v) is 8.17. The number of imide groups is 1. The lowest BCUT2D eigenvalue weighted by Crippen LogP contribution is -2.62. The molecule has 2 aromatic heterocycles. The number of fused-ring (bicyclic) bond motifs is 1. The molecule has 4 rings (SSSR count). The van der Waals surface area contributed by atoms with Crippen LogP contribution in [0.1, 0.15) is 12.1 Å². The van der Waals surface area contributed by atoms with Crippen molar-refractivity contribution in [1.29, 1.82) is 0 Å². The molecule has 4 heterocycles. The van der Waals surface area contributed by atoms with Gasteiger partial charge in [0.05, 0.1) is 18.3 Å². The van der Waals surface area contributed by atoms with Crippen LogP contribution in [0.15, 0.2) is 30.6 Å². The Morgan fingerprint density at radius 1 is 1.17 bits per heavy atom. The van der Waals surface area contributed by atoms with Crippen molar-refractivity contribution in [2.75, 3.05) is 26.2 Å². The van der Waals surface area contributed by atoms with Gasteiger partial charge in [0.15, 0.2) is 0 Å². The van der Waals surface area contributed by atoms with E-state index in [4.69, 9.17) is 0 Å². The normalized spacial score (nSPS) is 23.2. The summed E-state index contributed by atoms with van der Waals surface area (Å²) < 4.78 is 2.03. The first-order chi connectivity index (χ1) is 11.7. The summed E-state index contributed by atoms with van der Waals surface area (Å²) in [5, 5.41) is 5.09. The quantitative estimate of drug-likeness (QED) is 0.829. The van der Waals surface area contributed by atoms with Crippen molar-refractivity contribution in [3.05, 3.63) is 36.3 Å². The Labute approximate surface area is 139 Å². The maximum Gasteiger partial charge on any atom is 0.322 e. The monoisotopic (exact) mass is 328 g/mol. The smallest absolute Gasteiger partial charge is 0.322 e. The molecule has 2 N–H and O–H groups in total. The van der Waals surface area contributed by atoms with E-state index in [1.54, 1.807) is 0 Å². The molecule has 0 aliphatic carbocycles. The van der Waals surface area contributed by atoms with Gasteiger partial charge in [0, 0.05) is 45.1 Å². The third-order valence-electron chi connectivity index (χ3n) is 4.58. The number of hydrogen-bond donors (Lipinski definition) is 2. The molecule has 126 valence electrons. The van der Waals surface area contributed by atoms with Crippen LogP contribution in [0.5, 0.6) is 0 Å². The van der Waals surface area contributed by atoms with Gasteiger partial charge in [-0.3, -0.25) is 19.9 Å². The Morgan fingerprint density at radius 2 is 2.00 bits per heavy atom. The van der Waals surface area contributed by atoms with Gasteiger partial charge in [0.2, 0.25) is 5.91 Å². The van der Waals surface area contributed by atoms with E-state index in [2.05, 4.69) is 31.6 Å². The third kappa shape index (κ3) is 3.10. The summed E-state index contributed by atoms with van der Waals surface area (Å²) in [5.74, 6) is -0.212. The van der Waals surface area contributed by atoms with Crippen LogP contribution in [-0.2, 0) is 11.3 Å². The second-order valence-electron chi connectivity index (χ2n) is 6.25. The summed E-state index contributed by atoms with van der Waals surface area (Å²) in [6.07, 6.45) is 4.19. The SMILES string of the molecule is O=C1CC(N2CCN(Cc3cn4ccccc4n3)CC2)NC(=O)N1. The molecule has 1 atom stereocenters. The summed E-state index contributed by atoms with van der Waals surface area (Å²) in [4.78, 5) is 32.1. The third-order valence-corrected chi connectivity index (χ3v) is 4.58. The molecule has 0 saturated carbocycles. The van der Waals surface area contributed by atoms with Crippen molar-refractivity contribution < 1.29 is 9.59 Å². The summed E-state index contributed by atoms with van der Waals surface area (Å²) >= 11 is 0. The maximum atomic E-state index is 11.5. The van der Waals surface area contributed by atoms with Crippen molar-refractivity contribution in [2.45, 2.75) is 19.1 Å². The fourth-order valence-electron chi connectivity index (χ4n) is 3.34. The van der Waals surface area contributed by atoms with Crippen LogP contribution < -0.4 is 10.6 Å². The van der Waals surface area contributed by atoms with E-state index in [1.165, 1.54) is 0 Å². The number of piperazine rings is 1. The highest BCUT2D eigenvalue weighted by atomic mass is 16.2. The molecule has 3 amide bonds. The Morgan fingerprint density at radius 3 is 2.75 bits per heavy atom. The lowest BCUT2D eigenvalue weighted by atomic mass is 10.2. The Bertz CT molecular complexity index is 716. The van der Waals surface area contributed by atoms with Gasteiger partial charge in [0.1, 0.15) is 5.65 Å². The Balaban J connectivity index is 1.34. The molecule has 8 nitrogen and oxygen atoms in total. The number of nitrogens with zero attached hydrogens (tertiary/aromatic N) is 4. The Kier molecular flexibility index (Phi) is 3.91. The molecule has 0 bridgehead atoms. The number of carbonyl (C=O) groups excluding carboxylic acids is 2. The molecular formula is C16H20N6O2. The zero-order valence-electron chi connectivity index (χ0n) is 13.3. The number of aromatic nitrogens is 2. The van der Waals surface area contributed by atoms with Crippen molar-refractivity contribution in [1.82, 2.24) is 29.8 Å². The Hall–Kier alpha value is -2.45. The molecule has 2 fully saturated rings. The van der Waals surface area contributed by atoms with E-state index in [9.17, 15) is 9.59 Å². The van der Waals surface area contributed by atoms with Crippen LogP contribution in [0, 0.1) is 0 Å². The molecule has 24 heavy (non-hydrogen) atoms. The predicted molar refractivity (Wildman–Crippen MR) is 87.1 cm³/mol. The number of hydrogen-bond acceptors (Lipinski definition) is 5. The summed E-state index contributed by atoms with van der Waals surface area (Å²) in [7, 11) is 0. The fourth-order valence-corrected chi connectivity index (χ4v) is 3.34. The summed E-state index contributed by atoms with van der Waals surface area (Å²) in [6, 6.07) is 5.58. The largest absolute Gasteiger partial charge is 0.322 e. The van der Waals surface area contributed by atoms with Crippen molar-refractivity contribution >= 4 is 17.6 Å². The first-order valence-electron chi connectivity index (χ1n) is 8.17. The number of nitrogens with one attached hydrogen (secondary N) is 2. The van der Waals surface area contributed by atoms with Gasteiger partial charge in [-0.25, -0.2) is 9.78 Å². The molecule has 1 unspecified atom stereocenters. The second-order valence-corrected chi connectivity index (χ2v) is 6.25. The van der Waals surface area contributed by atoms with Crippen LogP contribution in [-0.4, -0.2) is 63.5 Å². The maximum absolute atomic E-state index is 11.5. The zero-order valence-corrected chi connectivity index (χ0v) is 13.3. The molecule has 0 spiro atoms. The minimum Gasteiger partial charge on any atom is -0.322 e. The number of amides is 3. The van der Waals surface area contributed by atoms with E-state index in [0.717, 1.165) is 44.1 Å². The van der Waals surface area contributed by atoms with Crippen LogP contribution in [0.4, 0.5) is 4.79 Å². The van der Waals surface area contributed by atoms with Gasteiger partial charge in [-0.15, -0.1) is 0 Å². The van der Waals surface area contributed by atoms with E-state index >= 15 is 0 Å². The highest BCUT2D eigenvalue weighted by Crippen LogP contribution is 2.13. The molecule has 8 heteroatoms. The van der Waals surface area contributed by atoms with Crippen molar-refractivity contribution in [3.63, 3.8) is 0 Å². The number of urea groups is 1. The molecule has 2 aliphatic heterocycles. The van der Waals surface area contributed by atoms with Crippen LogP contribution >= 0.6 is 0 Å². The van der Waals surface area contributed by atoms with Crippen LogP contribution in [0.3, 0.4) is 0 Å². The molecule has 2 saturated heterocycles. The van der Waals surface area contributed by atoms with Gasteiger partial charge in [-0.2, -0.15) is 0 Å². The molecular weight excluding hydrogens is 308 g/mol. The highest BCUT2D eigenvalue weighted by Gasteiger charge is 2.30. The summed E-state index contributed by atoms with van der Waals surface area (Å²) in [6.45, 7) is 4.24. The van der Waals surface area contributed by atoms with Gasteiger partial charge in [0.25, 0.3) is 0 Å². The fraction of sp³-hybridized carbons (Fsp3) is 0.438. The van der Waals surface area contributed by atoms with Crippen molar-refractivity contribution in [2.24, 2.45) is 0 Å². The molecule has 2 aromatic rings. The van der Waals surface area contributed by atoms with E-state index in [0.29, 0.717) is 6.42 Å². The molecule has 2 aliphatic rings. The van der Waals surface area contributed by atoms with Crippen molar-refractivity contribution in [3.8, 4) is 0 Å². The number of imidazole rings is 1. The minimum absolute atomic E-state index is 0.191. The predicted octanol–water partition coefficient (Wildman–Crippen LogP) is 0.00750. The number of rotatable bonds is 3. The van der Waals surface area contributed by atoms with Gasteiger partial charge < -0.3 is 9.72 Å². The van der Waals surface area contributed by atoms with E-state index in [1.807, 2.05) is 28.8 Å². The van der Waals surface area contributed by atoms with E-state index < -0.39 is 6.03 Å². The zero-order chi connectivity index (χ0) is 16.5. The van der Waals surface area contributed by atoms with Crippen LogP contribution in [0.25, 0.3) is 5.65 Å². The highest BCUT2D eigenvalue weighted by molar-refractivity contribution is 5.97. The van der Waals surface area contributed by atoms with Gasteiger partial charge in [-0.05, 0) is 12.1 Å². The van der Waals surface area contributed by atoms with E-state index in [-0.39, 0.29) is 12.1 Å². The molecule has 0 radical (unpaired) electrons. The topological polar surface area (TPSA) is 82.0 Å². The standard InChI is InChI=1S/C16H20N6O2/c23-15-9-14(18-16(24)19-15)21-7-5-20(6-8-21)10-12-11-22-4-2-1-3-13(22)17-12/h1-4,11,14H,5-10H2,(H2,18,19,23,24). The van der Waals surface area contributed by atoms with Gasteiger partial charge >= 0.3 is 6.03 Å². The average Bonchev–Trinajstić information content (AvgIpc) is 2.97. The minimum atomic E-state index is -0.400. The summed E-state index contributed by atoms with van der Waals surface area (Å²) in [5.41, 5.74) is 2.02. The number of pyridine rings is 1. The molecule has 0 aromatic carbocycles. The van der Waals surface area contributed by atoms with Crippen LogP contribution in [0.2, 0.25) is 0 Å². The first kappa shape index (κ1) is 15.1. The lowest BCUT2D eigenvalue weighted by Gasteiger charge is -2.40. The number of carbonyl (C=O) groups is 2. The average molecular weight is 328 g/mol. The second kappa shape index (κ2) is 6.21. The lowest BCUT2D eigenvalue weighted by molar-refractivity contribution is -0.122. The van der Waals surface area contributed by atoms with Gasteiger partial charge in [-0.1, -0.05) is 6.07 Å².